The van der Waals surface area contributed by atoms with Gasteiger partial charge < -0.3 is 24.1 Å². The first kappa shape index (κ1) is 17.3. The topological polar surface area (TPSA) is 63.8 Å². The van der Waals surface area contributed by atoms with E-state index in [9.17, 15) is 4.79 Å². The number of hydrogen-bond donors (Lipinski definition) is 1. The van der Waals surface area contributed by atoms with Crippen molar-refractivity contribution in [3.05, 3.63) is 46.8 Å². The SMILES string of the molecule is CCOc1cc(N(C)C)ccc1-c1cc(=O)[nH]c2cc3c(cc12)OCCO3. The molecular weight excluding hydrogens is 344 g/mol. The second-order valence-corrected chi connectivity index (χ2v) is 6.60. The zero-order valence-electron chi connectivity index (χ0n) is 15.7. The number of aromatic amines is 1. The van der Waals surface area contributed by atoms with E-state index in [-0.39, 0.29) is 5.56 Å². The van der Waals surface area contributed by atoms with Gasteiger partial charge in [0.05, 0.1) is 12.1 Å². The minimum atomic E-state index is -0.173. The van der Waals surface area contributed by atoms with Crippen LogP contribution >= 0.6 is 0 Å². The molecule has 0 spiro atoms. The normalized spacial score (nSPS) is 12.9. The van der Waals surface area contributed by atoms with Crippen molar-refractivity contribution in [3.63, 3.8) is 0 Å². The number of anilines is 1. The van der Waals surface area contributed by atoms with Crippen molar-refractivity contribution in [1.29, 1.82) is 0 Å². The first-order valence-corrected chi connectivity index (χ1v) is 8.98. The third-order valence-corrected chi connectivity index (χ3v) is 4.58. The van der Waals surface area contributed by atoms with Crippen molar-refractivity contribution in [1.82, 2.24) is 4.98 Å². The van der Waals surface area contributed by atoms with E-state index >= 15 is 0 Å². The quantitative estimate of drug-likeness (QED) is 0.766. The number of pyridine rings is 1. The van der Waals surface area contributed by atoms with Gasteiger partial charge in [-0.2, -0.15) is 0 Å². The number of nitrogens with one attached hydrogen (secondary N) is 1. The molecule has 1 N–H and O–H groups in total. The predicted octanol–water partition coefficient (Wildman–Crippen LogP) is 3.43. The van der Waals surface area contributed by atoms with E-state index in [1.165, 1.54) is 0 Å². The van der Waals surface area contributed by atoms with Crippen molar-refractivity contribution < 1.29 is 14.2 Å². The Labute approximate surface area is 157 Å². The predicted molar refractivity (Wildman–Crippen MR) is 106 cm³/mol. The summed E-state index contributed by atoms with van der Waals surface area (Å²) in [4.78, 5) is 17.2. The minimum absolute atomic E-state index is 0.173. The summed E-state index contributed by atoms with van der Waals surface area (Å²) in [6, 6.07) is 11.3. The molecule has 4 rings (SSSR count). The van der Waals surface area contributed by atoms with Gasteiger partial charge in [0.2, 0.25) is 5.56 Å². The van der Waals surface area contributed by atoms with Gasteiger partial charge in [0.15, 0.2) is 11.5 Å². The van der Waals surface area contributed by atoms with Crippen LogP contribution in [0.5, 0.6) is 17.2 Å². The zero-order chi connectivity index (χ0) is 19.0. The average molecular weight is 366 g/mol. The molecule has 0 aliphatic carbocycles. The minimum Gasteiger partial charge on any atom is -0.493 e. The Hall–Kier alpha value is -3.15. The fraction of sp³-hybridized carbons (Fsp3) is 0.286. The summed E-state index contributed by atoms with van der Waals surface area (Å²) < 4.78 is 17.3. The lowest BCUT2D eigenvalue weighted by Gasteiger charge is -2.20. The number of benzene rings is 2. The number of aromatic nitrogens is 1. The van der Waals surface area contributed by atoms with Crippen LogP contribution < -0.4 is 24.7 Å². The zero-order valence-corrected chi connectivity index (χ0v) is 15.7. The molecule has 0 atom stereocenters. The maximum atomic E-state index is 12.3. The molecule has 1 aliphatic rings. The van der Waals surface area contributed by atoms with Crippen molar-refractivity contribution in [2.45, 2.75) is 6.92 Å². The van der Waals surface area contributed by atoms with Crippen molar-refractivity contribution >= 4 is 16.6 Å². The summed E-state index contributed by atoms with van der Waals surface area (Å²) in [6.45, 7) is 3.50. The molecule has 1 aromatic heterocycles. The Morgan fingerprint density at radius 1 is 1.04 bits per heavy atom. The molecule has 3 aromatic rings. The third kappa shape index (κ3) is 3.18. The molecule has 0 radical (unpaired) electrons. The van der Waals surface area contributed by atoms with Gasteiger partial charge in [-0.3, -0.25) is 4.79 Å². The molecule has 0 saturated heterocycles. The molecule has 0 amide bonds. The summed E-state index contributed by atoms with van der Waals surface area (Å²) in [7, 11) is 3.97. The van der Waals surface area contributed by atoms with Gasteiger partial charge in [0.25, 0.3) is 0 Å². The highest BCUT2D eigenvalue weighted by Gasteiger charge is 2.18. The highest BCUT2D eigenvalue weighted by atomic mass is 16.6. The first-order chi connectivity index (χ1) is 13.1. The van der Waals surface area contributed by atoms with Gasteiger partial charge in [-0.15, -0.1) is 0 Å². The van der Waals surface area contributed by atoms with Gasteiger partial charge in [-0.25, -0.2) is 0 Å². The van der Waals surface area contributed by atoms with Gasteiger partial charge >= 0.3 is 0 Å². The van der Waals surface area contributed by atoms with Gasteiger partial charge in [-0.05, 0) is 25.1 Å². The van der Waals surface area contributed by atoms with E-state index in [4.69, 9.17) is 14.2 Å². The number of H-pyrrole nitrogens is 1. The molecule has 2 heterocycles. The molecular formula is C21H22N2O4. The molecule has 27 heavy (non-hydrogen) atoms. The number of hydrogen-bond acceptors (Lipinski definition) is 5. The van der Waals surface area contributed by atoms with Gasteiger partial charge in [0, 0.05) is 54.5 Å². The number of rotatable bonds is 4. The second-order valence-electron chi connectivity index (χ2n) is 6.60. The maximum Gasteiger partial charge on any atom is 0.249 e. The molecule has 140 valence electrons. The molecule has 0 fully saturated rings. The second kappa shape index (κ2) is 6.87. The molecule has 1 aliphatic heterocycles. The lowest BCUT2D eigenvalue weighted by molar-refractivity contribution is 0.172. The Morgan fingerprint density at radius 2 is 1.78 bits per heavy atom. The van der Waals surface area contributed by atoms with Crippen molar-refractivity contribution in [3.8, 4) is 28.4 Å². The van der Waals surface area contributed by atoms with Crippen LogP contribution in [0.15, 0.2) is 41.2 Å². The molecule has 6 nitrogen and oxygen atoms in total. The molecule has 0 saturated carbocycles. The smallest absolute Gasteiger partial charge is 0.249 e. The van der Waals surface area contributed by atoms with E-state index in [0.29, 0.717) is 36.8 Å². The summed E-state index contributed by atoms with van der Waals surface area (Å²) >= 11 is 0. The first-order valence-electron chi connectivity index (χ1n) is 8.98. The van der Waals surface area contributed by atoms with Crippen LogP contribution in [0.25, 0.3) is 22.0 Å². The van der Waals surface area contributed by atoms with Crippen LogP contribution in [0.4, 0.5) is 5.69 Å². The summed E-state index contributed by atoms with van der Waals surface area (Å²) in [6.07, 6.45) is 0. The highest BCUT2D eigenvalue weighted by molar-refractivity contribution is 5.98. The lowest BCUT2D eigenvalue weighted by atomic mass is 9.99. The van der Waals surface area contributed by atoms with E-state index < -0.39 is 0 Å². The Balaban J connectivity index is 1.97. The van der Waals surface area contributed by atoms with Crippen LogP contribution in [0.2, 0.25) is 0 Å². The Kier molecular flexibility index (Phi) is 4.39. The van der Waals surface area contributed by atoms with E-state index in [0.717, 1.165) is 28.0 Å². The average Bonchev–Trinajstić information content (AvgIpc) is 2.66. The summed E-state index contributed by atoms with van der Waals surface area (Å²) in [5.41, 5.74) is 3.24. The van der Waals surface area contributed by atoms with Crippen molar-refractivity contribution in [2.24, 2.45) is 0 Å². The third-order valence-electron chi connectivity index (χ3n) is 4.58. The van der Waals surface area contributed by atoms with Gasteiger partial charge in [0.1, 0.15) is 19.0 Å². The molecule has 0 bridgehead atoms. The number of fused-ring (bicyclic) bond motifs is 2. The van der Waals surface area contributed by atoms with Crippen LogP contribution in [0.3, 0.4) is 0 Å². The van der Waals surface area contributed by atoms with E-state index in [2.05, 4.69) is 4.98 Å². The molecule has 6 heteroatoms. The van der Waals surface area contributed by atoms with Crippen LogP contribution in [-0.2, 0) is 0 Å². The number of ether oxygens (including phenoxy) is 3. The lowest BCUT2D eigenvalue weighted by Crippen LogP contribution is -2.15. The standard InChI is InChI=1S/C21H22N2O4/c1-4-25-18-9-13(23(2)3)5-6-14(18)15-11-21(24)22-17-12-20-19(10-16(15)17)26-7-8-27-20/h5-6,9-12H,4,7-8H2,1-3H3,(H,22,24). The number of nitrogens with zero attached hydrogens (tertiary/aromatic N) is 1. The van der Waals surface area contributed by atoms with Gasteiger partial charge in [-0.1, -0.05) is 0 Å². The monoisotopic (exact) mass is 366 g/mol. The van der Waals surface area contributed by atoms with E-state index in [1.807, 2.05) is 56.3 Å². The fourth-order valence-electron chi connectivity index (χ4n) is 3.30. The molecule has 0 unspecified atom stereocenters. The Bertz CT molecular complexity index is 1060. The van der Waals surface area contributed by atoms with Crippen LogP contribution in [0.1, 0.15) is 6.92 Å². The van der Waals surface area contributed by atoms with Crippen LogP contribution in [-0.4, -0.2) is 38.9 Å². The van der Waals surface area contributed by atoms with Crippen LogP contribution in [0, 0.1) is 0 Å². The highest BCUT2D eigenvalue weighted by Crippen LogP contribution is 2.40. The maximum absolute atomic E-state index is 12.3. The largest absolute Gasteiger partial charge is 0.493 e. The summed E-state index contributed by atoms with van der Waals surface area (Å²) in [5.74, 6) is 2.07. The molecule has 2 aromatic carbocycles. The van der Waals surface area contributed by atoms with E-state index in [1.54, 1.807) is 6.07 Å². The summed E-state index contributed by atoms with van der Waals surface area (Å²) in [5, 5.41) is 0.886. The van der Waals surface area contributed by atoms with Crippen molar-refractivity contribution in [2.75, 3.05) is 38.8 Å². The fourth-order valence-corrected chi connectivity index (χ4v) is 3.30. The Morgan fingerprint density at radius 3 is 2.48 bits per heavy atom.